The molecule has 19 heavy (non-hydrogen) atoms. The molecule has 1 heterocycles. The van der Waals surface area contributed by atoms with Gasteiger partial charge < -0.3 is 5.73 Å². The minimum absolute atomic E-state index is 0.0716. The van der Waals surface area contributed by atoms with Gasteiger partial charge in [0.25, 0.3) is 0 Å². The summed E-state index contributed by atoms with van der Waals surface area (Å²) in [4.78, 5) is 6.43. The maximum Gasteiger partial charge on any atom is 0.123 e. The van der Waals surface area contributed by atoms with Crippen molar-refractivity contribution >= 4 is 11.3 Å². The number of thiazole rings is 1. The molecule has 0 bridgehead atoms. The highest BCUT2D eigenvalue weighted by Crippen LogP contribution is 2.24. The first-order valence-electron chi connectivity index (χ1n) is 6.15. The molecule has 0 radical (unpaired) electrons. The van der Waals surface area contributed by atoms with Crippen LogP contribution in [0.15, 0.2) is 29.1 Å². The van der Waals surface area contributed by atoms with Gasteiger partial charge >= 0.3 is 0 Å². The predicted octanol–water partition coefficient (Wildman–Crippen LogP) is 2.72. The van der Waals surface area contributed by atoms with E-state index in [1.165, 1.54) is 6.07 Å². The summed E-state index contributed by atoms with van der Waals surface area (Å²) in [5.74, 6) is -0.209. The minimum Gasteiger partial charge on any atom is -0.329 e. The van der Waals surface area contributed by atoms with Gasteiger partial charge in [-0.25, -0.2) is 9.37 Å². The molecule has 2 N–H and O–H groups in total. The van der Waals surface area contributed by atoms with Crippen LogP contribution >= 0.6 is 11.3 Å². The molecule has 1 atom stereocenters. The third-order valence-electron chi connectivity index (χ3n) is 3.24. The molecular weight excluding hydrogens is 261 g/mol. The van der Waals surface area contributed by atoms with E-state index in [1.807, 2.05) is 30.9 Å². The van der Waals surface area contributed by atoms with Gasteiger partial charge in [0, 0.05) is 24.5 Å². The van der Waals surface area contributed by atoms with Crippen molar-refractivity contribution in [3.63, 3.8) is 0 Å². The molecule has 1 aromatic carbocycles. The third-order valence-corrected chi connectivity index (χ3v) is 3.88. The molecule has 2 aromatic rings. The number of nitrogens with two attached hydrogens (primary N) is 1. The maximum absolute atomic E-state index is 13.2. The minimum atomic E-state index is -0.209. The number of aryl methyl sites for hydroxylation is 1. The van der Waals surface area contributed by atoms with E-state index in [0.29, 0.717) is 6.54 Å². The molecule has 5 heteroatoms. The van der Waals surface area contributed by atoms with Gasteiger partial charge in [0.15, 0.2) is 0 Å². The summed E-state index contributed by atoms with van der Waals surface area (Å²) in [5.41, 5.74) is 10.7. The fourth-order valence-electron chi connectivity index (χ4n) is 2.24. The van der Waals surface area contributed by atoms with Crippen LogP contribution in [0.25, 0.3) is 0 Å². The number of nitrogens with zero attached hydrogens (tertiary/aromatic N) is 2. The average Bonchev–Trinajstić information content (AvgIpc) is 2.85. The van der Waals surface area contributed by atoms with Gasteiger partial charge in [0.1, 0.15) is 5.82 Å². The molecule has 0 saturated heterocycles. The van der Waals surface area contributed by atoms with Crippen LogP contribution in [0.2, 0.25) is 0 Å². The van der Waals surface area contributed by atoms with Crippen molar-refractivity contribution < 1.29 is 4.39 Å². The molecule has 0 saturated carbocycles. The van der Waals surface area contributed by atoms with Crippen molar-refractivity contribution in [2.24, 2.45) is 5.73 Å². The zero-order valence-corrected chi connectivity index (χ0v) is 12.0. The molecule has 2 rings (SSSR count). The van der Waals surface area contributed by atoms with Gasteiger partial charge in [-0.2, -0.15) is 0 Å². The van der Waals surface area contributed by atoms with E-state index in [9.17, 15) is 4.39 Å². The molecule has 1 unspecified atom stereocenters. The Morgan fingerprint density at radius 2 is 2.26 bits per heavy atom. The zero-order valence-electron chi connectivity index (χ0n) is 11.1. The number of hydrogen-bond acceptors (Lipinski definition) is 4. The highest BCUT2D eigenvalue weighted by atomic mass is 32.1. The van der Waals surface area contributed by atoms with E-state index in [-0.39, 0.29) is 11.9 Å². The van der Waals surface area contributed by atoms with Crippen LogP contribution in [0.4, 0.5) is 4.39 Å². The van der Waals surface area contributed by atoms with E-state index in [0.717, 1.165) is 23.4 Å². The first-order valence-corrected chi connectivity index (χ1v) is 7.09. The standard InChI is InChI=1S/C14H18FN3S/c1-10-5-11(15)3-4-13(10)14(6-16)18(2)7-12-8-19-9-17-12/h3-5,8-9,14H,6-7,16H2,1-2H3. The van der Waals surface area contributed by atoms with Gasteiger partial charge in [0.05, 0.1) is 11.2 Å². The van der Waals surface area contributed by atoms with E-state index in [4.69, 9.17) is 5.73 Å². The van der Waals surface area contributed by atoms with Crippen molar-refractivity contribution in [3.8, 4) is 0 Å². The van der Waals surface area contributed by atoms with Crippen LogP contribution < -0.4 is 5.73 Å². The lowest BCUT2D eigenvalue weighted by molar-refractivity contribution is 0.238. The summed E-state index contributed by atoms with van der Waals surface area (Å²) >= 11 is 1.58. The fourth-order valence-corrected chi connectivity index (χ4v) is 2.79. The predicted molar refractivity (Wildman–Crippen MR) is 76.5 cm³/mol. The summed E-state index contributed by atoms with van der Waals surface area (Å²) in [6, 6.07) is 4.93. The lowest BCUT2D eigenvalue weighted by Gasteiger charge is -2.28. The largest absolute Gasteiger partial charge is 0.329 e. The molecule has 0 aliphatic carbocycles. The second-order valence-electron chi connectivity index (χ2n) is 4.65. The van der Waals surface area contributed by atoms with Crippen molar-refractivity contribution in [1.82, 2.24) is 9.88 Å². The molecular formula is C14H18FN3S. The van der Waals surface area contributed by atoms with Gasteiger partial charge in [0.2, 0.25) is 0 Å². The number of likely N-dealkylation sites (N-methyl/N-ethyl adjacent to an activating group) is 1. The van der Waals surface area contributed by atoms with Gasteiger partial charge in [-0.05, 0) is 37.2 Å². The van der Waals surface area contributed by atoms with Crippen LogP contribution in [0.5, 0.6) is 0 Å². The first kappa shape index (κ1) is 14.1. The topological polar surface area (TPSA) is 42.1 Å². The molecule has 0 aliphatic heterocycles. The summed E-state index contributed by atoms with van der Waals surface area (Å²) in [6.07, 6.45) is 0. The number of halogens is 1. The maximum atomic E-state index is 13.2. The fraction of sp³-hybridized carbons (Fsp3) is 0.357. The Kier molecular flexibility index (Phi) is 4.63. The Hall–Kier alpha value is -1.30. The van der Waals surface area contributed by atoms with Crippen molar-refractivity contribution in [3.05, 3.63) is 51.7 Å². The number of aromatic nitrogens is 1. The highest BCUT2D eigenvalue weighted by molar-refractivity contribution is 7.07. The second-order valence-corrected chi connectivity index (χ2v) is 5.37. The smallest absolute Gasteiger partial charge is 0.123 e. The number of hydrogen-bond donors (Lipinski definition) is 1. The molecule has 0 amide bonds. The molecule has 3 nitrogen and oxygen atoms in total. The quantitative estimate of drug-likeness (QED) is 0.915. The molecule has 102 valence electrons. The monoisotopic (exact) mass is 279 g/mol. The summed E-state index contributed by atoms with van der Waals surface area (Å²) < 4.78 is 13.2. The Labute approximate surface area is 116 Å². The lowest BCUT2D eigenvalue weighted by atomic mass is 10.00. The normalized spacial score (nSPS) is 12.9. The average molecular weight is 279 g/mol. The van der Waals surface area contributed by atoms with E-state index < -0.39 is 0 Å². The Bertz CT molecular complexity index is 527. The summed E-state index contributed by atoms with van der Waals surface area (Å²) in [6.45, 7) is 3.15. The van der Waals surface area contributed by atoms with Gasteiger partial charge in [-0.3, -0.25) is 4.90 Å². The lowest BCUT2D eigenvalue weighted by Crippen LogP contribution is -2.30. The van der Waals surface area contributed by atoms with Gasteiger partial charge in [-0.1, -0.05) is 6.07 Å². The van der Waals surface area contributed by atoms with Crippen LogP contribution in [0.1, 0.15) is 22.9 Å². The highest BCUT2D eigenvalue weighted by Gasteiger charge is 2.18. The van der Waals surface area contributed by atoms with Crippen LogP contribution in [-0.2, 0) is 6.54 Å². The van der Waals surface area contributed by atoms with Crippen LogP contribution in [-0.4, -0.2) is 23.5 Å². The van der Waals surface area contributed by atoms with E-state index >= 15 is 0 Å². The SMILES string of the molecule is Cc1cc(F)ccc1C(CN)N(C)Cc1cscn1. The zero-order chi connectivity index (χ0) is 13.8. The Morgan fingerprint density at radius 1 is 1.47 bits per heavy atom. The van der Waals surface area contributed by atoms with E-state index in [1.54, 1.807) is 17.4 Å². The third kappa shape index (κ3) is 3.37. The number of rotatable bonds is 5. The summed E-state index contributed by atoms with van der Waals surface area (Å²) in [5, 5.41) is 2.03. The van der Waals surface area contributed by atoms with Crippen LogP contribution in [0, 0.1) is 12.7 Å². The van der Waals surface area contributed by atoms with Crippen molar-refractivity contribution in [1.29, 1.82) is 0 Å². The van der Waals surface area contributed by atoms with E-state index in [2.05, 4.69) is 9.88 Å². The van der Waals surface area contributed by atoms with Crippen molar-refractivity contribution in [2.45, 2.75) is 19.5 Å². The van der Waals surface area contributed by atoms with Gasteiger partial charge in [-0.15, -0.1) is 11.3 Å². The Balaban J connectivity index is 2.18. The molecule has 0 spiro atoms. The van der Waals surface area contributed by atoms with Crippen molar-refractivity contribution in [2.75, 3.05) is 13.6 Å². The summed E-state index contributed by atoms with van der Waals surface area (Å²) in [7, 11) is 2.01. The molecule has 0 aliphatic rings. The number of benzene rings is 1. The Morgan fingerprint density at radius 3 is 2.84 bits per heavy atom. The molecule has 1 aromatic heterocycles. The van der Waals surface area contributed by atoms with Crippen LogP contribution in [0.3, 0.4) is 0 Å². The molecule has 0 fully saturated rings. The first-order chi connectivity index (χ1) is 9.11. The second kappa shape index (κ2) is 6.23.